The number of anilines is 1. The van der Waals surface area contributed by atoms with Crippen LogP contribution in [-0.4, -0.2) is 20.4 Å². The third kappa shape index (κ3) is 5.50. The number of carbonyl (C=O) groups excluding carboxylic acids is 1. The summed E-state index contributed by atoms with van der Waals surface area (Å²) in [5, 5.41) is 2.69. The molecule has 1 N–H and O–H groups in total. The summed E-state index contributed by atoms with van der Waals surface area (Å²) < 4.78 is 34.1. The lowest BCUT2D eigenvalue weighted by Crippen LogP contribution is -2.18. The molecule has 31 heavy (non-hydrogen) atoms. The number of hydrogen-bond donors (Lipinski definition) is 1. The summed E-state index contributed by atoms with van der Waals surface area (Å²) in [5.41, 5.74) is 1.28. The Morgan fingerprint density at radius 3 is 2.65 bits per heavy atom. The number of aromatic nitrogens is 3. The van der Waals surface area contributed by atoms with Gasteiger partial charge in [0.05, 0.1) is 5.69 Å². The average molecular weight is 428 g/mol. The van der Waals surface area contributed by atoms with Crippen LogP contribution in [0.15, 0.2) is 41.3 Å². The molecular weight excluding hydrogens is 406 g/mol. The summed E-state index contributed by atoms with van der Waals surface area (Å²) in [7, 11) is 1.61. The Bertz CT molecular complexity index is 1150. The maximum Gasteiger partial charge on any atom is 0.324 e. The second-order valence-corrected chi connectivity index (χ2v) is 7.08. The van der Waals surface area contributed by atoms with E-state index in [9.17, 15) is 18.4 Å². The molecule has 0 saturated heterocycles. The second kappa shape index (κ2) is 9.46. The normalized spacial score (nSPS) is 10.7. The Morgan fingerprint density at radius 1 is 1.19 bits per heavy atom. The summed E-state index contributed by atoms with van der Waals surface area (Å²) in [4.78, 5) is 32.6. The molecule has 162 valence electrons. The van der Waals surface area contributed by atoms with Crippen molar-refractivity contribution in [1.82, 2.24) is 14.5 Å². The number of benzene rings is 1. The predicted octanol–water partition coefficient (Wildman–Crippen LogP) is 4.35. The maximum atomic E-state index is 14.0. The molecule has 0 aliphatic rings. The van der Waals surface area contributed by atoms with Gasteiger partial charge in [0.2, 0.25) is 5.91 Å². The Morgan fingerprint density at radius 2 is 1.97 bits per heavy atom. The molecule has 9 heteroatoms. The topological polar surface area (TPSA) is 86.1 Å². The van der Waals surface area contributed by atoms with Crippen molar-refractivity contribution in [1.29, 1.82) is 0 Å². The number of rotatable bonds is 7. The van der Waals surface area contributed by atoms with Gasteiger partial charge in [-0.2, -0.15) is 9.97 Å². The van der Waals surface area contributed by atoms with Gasteiger partial charge in [0.1, 0.15) is 11.6 Å². The molecule has 1 aromatic carbocycles. The number of nitrogens with one attached hydrogen (secondary N) is 1. The van der Waals surface area contributed by atoms with Crippen LogP contribution in [0.3, 0.4) is 0 Å². The minimum absolute atomic E-state index is 0.157. The van der Waals surface area contributed by atoms with Gasteiger partial charge in [-0.15, -0.1) is 0 Å². The molecule has 0 saturated carbocycles. The monoisotopic (exact) mass is 428 g/mol. The van der Waals surface area contributed by atoms with Gasteiger partial charge in [-0.3, -0.25) is 9.59 Å². The molecule has 2 heterocycles. The number of halogens is 2. The average Bonchev–Trinajstić information content (AvgIpc) is 2.72. The zero-order valence-corrected chi connectivity index (χ0v) is 17.4. The van der Waals surface area contributed by atoms with Crippen molar-refractivity contribution in [3.63, 3.8) is 0 Å². The van der Waals surface area contributed by atoms with Crippen LogP contribution in [0.5, 0.6) is 11.8 Å². The highest BCUT2D eigenvalue weighted by molar-refractivity contribution is 5.90. The van der Waals surface area contributed by atoms with Gasteiger partial charge in [0.15, 0.2) is 11.6 Å². The van der Waals surface area contributed by atoms with Crippen molar-refractivity contribution in [3.8, 4) is 23.0 Å². The fourth-order valence-electron chi connectivity index (χ4n) is 2.90. The van der Waals surface area contributed by atoms with Crippen molar-refractivity contribution in [3.05, 3.63) is 64.1 Å². The van der Waals surface area contributed by atoms with Crippen LogP contribution < -0.4 is 15.6 Å². The first kappa shape index (κ1) is 22.1. The van der Waals surface area contributed by atoms with Crippen LogP contribution in [0.1, 0.15) is 31.7 Å². The highest BCUT2D eigenvalue weighted by atomic mass is 19.1. The molecule has 0 radical (unpaired) electrons. The van der Waals surface area contributed by atoms with Gasteiger partial charge in [-0.05, 0) is 31.5 Å². The summed E-state index contributed by atoms with van der Waals surface area (Å²) >= 11 is 0. The van der Waals surface area contributed by atoms with E-state index in [1.165, 1.54) is 10.6 Å². The minimum atomic E-state index is -0.916. The van der Waals surface area contributed by atoms with Crippen LogP contribution in [0.4, 0.5) is 14.6 Å². The van der Waals surface area contributed by atoms with Crippen LogP contribution >= 0.6 is 0 Å². The molecule has 7 nitrogen and oxygen atoms in total. The number of hydrogen-bond acceptors (Lipinski definition) is 5. The molecule has 0 aliphatic carbocycles. The van der Waals surface area contributed by atoms with E-state index in [2.05, 4.69) is 15.3 Å². The first-order valence-electron chi connectivity index (χ1n) is 9.76. The summed E-state index contributed by atoms with van der Waals surface area (Å²) in [5.74, 6) is -2.00. The van der Waals surface area contributed by atoms with E-state index < -0.39 is 11.6 Å². The summed E-state index contributed by atoms with van der Waals surface area (Å²) in [6, 6.07) is 5.80. The van der Waals surface area contributed by atoms with E-state index in [4.69, 9.17) is 4.74 Å². The van der Waals surface area contributed by atoms with Crippen LogP contribution in [0.2, 0.25) is 0 Å². The van der Waals surface area contributed by atoms with E-state index in [1.54, 1.807) is 26.2 Å². The van der Waals surface area contributed by atoms with Crippen molar-refractivity contribution < 1.29 is 18.3 Å². The fourth-order valence-corrected chi connectivity index (χ4v) is 2.90. The standard InChI is InChI=1S/C22H22F2N4O3/c1-4-5-6-20(29)26-19-11-17(14-9-13(2)21(30)28(3)12-14)25-22(27-19)31-18-8-7-15(23)10-16(18)24/h7-12H,4-6H2,1-3H3,(H,25,26,27,29). The van der Waals surface area contributed by atoms with Crippen molar-refractivity contribution in [2.24, 2.45) is 7.05 Å². The summed E-state index contributed by atoms with van der Waals surface area (Å²) in [6.45, 7) is 3.65. The van der Waals surface area contributed by atoms with Crippen LogP contribution in [0.25, 0.3) is 11.3 Å². The molecule has 0 bridgehead atoms. The highest BCUT2D eigenvalue weighted by Crippen LogP contribution is 2.27. The molecule has 0 atom stereocenters. The van der Waals surface area contributed by atoms with Gasteiger partial charge in [-0.25, -0.2) is 8.78 Å². The molecule has 0 aliphatic heterocycles. The Balaban J connectivity index is 2.03. The largest absolute Gasteiger partial charge is 0.421 e. The lowest BCUT2D eigenvalue weighted by Gasteiger charge is -2.12. The third-order valence-electron chi connectivity index (χ3n) is 4.48. The molecule has 1 amide bonds. The molecule has 0 spiro atoms. The number of ether oxygens (including phenoxy) is 1. The van der Waals surface area contributed by atoms with E-state index >= 15 is 0 Å². The number of unbranched alkanes of at least 4 members (excludes halogenated alkanes) is 1. The quantitative estimate of drug-likeness (QED) is 0.605. The van der Waals surface area contributed by atoms with E-state index in [0.29, 0.717) is 35.7 Å². The smallest absolute Gasteiger partial charge is 0.324 e. The van der Waals surface area contributed by atoms with Gasteiger partial charge in [0.25, 0.3) is 5.56 Å². The van der Waals surface area contributed by atoms with Gasteiger partial charge >= 0.3 is 6.01 Å². The minimum Gasteiger partial charge on any atom is -0.421 e. The highest BCUT2D eigenvalue weighted by Gasteiger charge is 2.14. The lowest BCUT2D eigenvalue weighted by molar-refractivity contribution is -0.116. The van der Waals surface area contributed by atoms with Gasteiger partial charge in [-0.1, -0.05) is 13.3 Å². The zero-order valence-electron chi connectivity index (χ0n) is 17.4. The number of carbonyl (C=O) groups is 1. The second-order valence-electron chi connectivity index (χ2n) is 7.08. The van der Waals surface area contributed by atoms with Crippen LogP contribution in [0, 0.1) is 18.6 Å². The SMILES string of the molecule is CCCCC(=O)Nc1cc(-c2cc(C)c(=O)n(C)c2)nc(Oc2ccc(F)cc2F)n1. The third-order valence-corrected chi connectivity index (χ3v) is 4.48. The Kier molecular flexibility index (Phi) is 6.74. The maximum absolute atomic E-state index is 14.0. The zero-order chi connectivity index (χ0) is 22.5. The molecule has 0 fully saturated rings. The van der Waals surface area contributed by atoms with E-state index in [1.807, 2.05) is 6.92 Å². The van der Waals surface area contributed by atoms with Crippen LogP contribution in [-0.2, 0) is 11.8 Å². The lowest BCUT2D eigenvalue weighted by atomic mass is 10.1. The first-order chi connectivity index (χ1) is 14.8. The molecule has 3 aromatic rings. The predicted molar refractivity (Wildman–Crippen MR) is 112 cm³/mol. The van der Waals surface area contributed by atoms with Crippen molar-refractivity contribution in [2.45, 2.75) is 33.1 Å². The summed E-state index contributed by atoms with van der Waals surface area (Å²) in [6.07, 6.45) is 3.48. The number of amides is 1. The fraction of sp³-hybridized carbons (Fsp3) is 0.273. The number of nitrogens with zero attached hydrogens (tertiary/aromatic N) is 3. The van der Waals surface area contributed by atoms with Crippen molar-refractivity contribution in [2.75, 3.05) is 5.32 Å². The molecule has 3 rings (SSSR count). The Hall–Kier alpha value is -3.62. The van der Waals surface area contributed by atoms with E-state index in [-0.39, 0.29) is 29.0 Å². The molecule has 2 aromatic heterocycles. The van der Waals surface area contributed by atoms with Gasteiger partial charge < -0.3 is 14.6 Å². The van der Waals surface area contributed by atoms with E-state index in [0.717, 1.165) is 18.6 Å². The van der Waals surface area contributed by atoms with Gasteiger partial charge in [0, 0.05) is 42.9 Å². The number of aryl methyl sites for hydroxylation is 2. The molecule has 0 unspecified atom stereocenters. The Labute approximate surface area is 177 Å². The number of pyridine rings is 1. The molecular formula is C22H22F2N4O3. The van der Waals surface area contributed by atoms with Crippen molar-refractivity contribution >= 4 is 11.7 Å². The first-order valence-corrected chi connectivity index (χ1v) is 9.76.